The van der Waals surface area contributed by atoms with E-state index in [0.29, 0.717) is 35.4 Å². The van der Waals surface area contributed by atoms with E-state index in [1.807, 2.05) is 61.5 Å². The zero-order valence-corrected chi connectivity index (χ0v) is 23.3. The first-order valence-corrected chi connectivity index (χ1v) is 13.8. The van der Waals surface area contributed by atoms with Crippen LogP contribution in [-0.2, 0) is 12.8 Å². The summed E-state index contributed by atoms with van der Waals surface area (Å²) >= 11 is 0. The monoisotopic (exact) mass is 520 g/mol. The van der Waals surface area contributed by atoms with Crippen LogP contribution in [0.2, 0.25) is 0 Å². The van der Waals surface area contributed by atoms with E-state index >= 15 is 0 Å². The normalized spacial score (nSPS) is 15.4. The zero-order chi connectivity index (χ0) is 27.5. The minimum atomic E-state index is -0.0594. The van der Waals surface area contributed by atoms with Gasteiger partial charge in [-0.15, -0.1) is 0 Å². The number of nitrogens with zero attached hydrogens (tertiary/aromatic N) is 2. The lowest BCUT2D eigenvalue weighted by Gasteiger charge is -2.29. The van der Waals surface area contributed by atoms with Crippen LogP contribution in [0.25, 0.3) is 11.1 Å². The molecule has 4 aromatic rings. The van der Waals surface area contributed by atoms with Crippen LogP contribution >= 0.6 is 0 Å². The molecule has 1 unspecified atom stereocenters. The van der Waals surface area contributed by atoms with E-state index in [2.05, 4.69) is 42.8 Å². The molecular weight excluding hydrogens is 484 g/mol. The lowest BCUT2D eigenvalue weighted by molar-refractivity contribution is 0.0964. The van der Waals surface area contributed by atoms with Crippen molar-refractivity contribution in [3.05, 3.63) is 106 Å². The number of rotatable bonds is 8. The first-order chi connectivity index (χ1) is 18.8. The van der Waals surface area contributed by atoms with Crippen molar-refractivity contribution in [1.82, 2.24) is 4.98 Å². The topological polar surface area (TPSA) is 63.4 Å². The average molecular weight is 521 g/mol. The standard InChI is InChI=1S/C34H36N2O3/c1-22-7-6-18-36(21-22)34-35-25(4)33(39-34)32(38)19-26-10-12-27(13-11-26)28-14-16-29(17-15-28)31(37)20-30-23(2)8-5-9-24(30)3/h5,8-17,22H,6-7,18-21H2,1-4H3. The van der Waals surface area contributed by atoms with Crippen molar-refractivity contribution in [3.8, 4) is 11.1 Å². The molecule has 5 heteroatoms. The molecule has 1 aliphatic heterocycles. The smallest absolute Gasteiger partial charge is 0.298 e. The summed E-state index contributed by atoms with van der Waals surface area (Å²) in [6.45, 7) is 10.0. The van der Waals surface area contributed by atoms with Crippen LogP contribution in [0.3, 0.4) is 0 Å². The number of benzene rings is 3. The van der Waals surface area contributed by atoms with E-state index in [1.165, 1.54) is 6.42 Å². The van der Waals surface area contributed by atoms with Gasteiger partial charge in [0.15, 0.2) is 11.5 Å². The predicted octanol–water partition coefficient (Wildman–Crippen LogP) is 7.35. The summed E-state index contributed by atoms with van der Waals surface area (Å²) in [7, 11) is 0. The summed E-state index contributed by atoms with van der Waals surface area (Å²) in [6, 6.07) is 22.5. The van der Waals surface area contributed by atoms with E-state index in [-0.39, 0.29) is 18.0 Å². The van der Waals surface area contributed by atoms with Gasteiger partial charge in [0.25, 0.3) is 6.01 Å². The van der Waals surface area contributed by atoms with Crippen molar-refractivity contribution >= 4 is 17.6 Å². The van der Waals surface area contributed by atoms with Gasteiger partial charge in [-0.3, -0.25) is 9.59 Å². The van der Waals surface area contributed by atoms with Crippen molar-refractivity contribution in [1.29, 1.82) is 0 Å². The van der Waals surface area contributed by atoms with Crippen LogP contribution in [0.15, 0.2) is 71.1 Å². The van der Waals surface area contributed by atoms with Gasteiger partial charge in [-0.1, -0.05) is 73.7 Å². The van der Waals surface area contributed by atoms with Crippen LogP contribution in [0, 0.1) is 26.7 Å². The number of anilines is 1. The number of Topliss-reactive ketones (excluding diaryl/α,β-unsaturated/α-hetero) is 2. The highest BCUT2D eigenvalue weighted by molar-refractivity contribution is 5.98. The summed E-state index contributed by atoms with van der Waals surface area (Å²) in [5.41, 5.74) is 7.76. The highest BCUT2D eigenvalue weighted by Gasteiger charge is 2.24. The minimum absolute atomic E-state index is 0.0594. The number of aromatic nitrogens is 1. The Kier molecular flexibility index (Phi) is 7.78. The van der Waals surface area contributed by atoms with Gasteiger partial charge in [-0.2, -0.15) is 4.98 Å². The van der Waals surface area contributed by atoms with Gasteiger partial charge < -0.3 is 9.32 Å². The summed E-state index contributed by atoms with van der Waals surface area (Å²) in [5, 5.41) is 0. The van der Waals surface area contributed by atoms with E-state index < -0.39 is 0 Å². The molecule has 1 fully saturated rings. The Morgan fingerprint density at radius 1 is 0.872 bits per heavy atom. The molecule has 2 heterocycles. The van der Waals surface area contributed by atoms with Crippen LogP contribution in [0.4, 0.5) is 6.01 Å². The molecule has 1 aromatic heterocycles. The number of oxazole rings is 1. The van der Waals surface area contributed by atoms with Gasteiger partial charge in [-0.25, -0.2) is 0 Å². The average Bonchev–Trinajstić information content (AvgIpc) is 3.33. The second kappa shape index (κ2) is 11.4. The fraction of sp³-hybridized carbons (Fsp3) is 0.324. The third-order valence-electron chi connectivity index (χ3n) is 7.81. The number of carbonyl (C=O) groups is 2. The van der Waals surface area contributed by atoms with Gasteiger partial charge in [0, 0.05) is 31.5 Å². The lowest BCUT2D eigenvalue weighted by atomic mass is 9.94. The Balaban J connectivity index is 1.23. The van der Waals surface area contributed by atoms with Gasteiger partial charge in [0.1, 0.15) is 0 Å². The molecule has 39 heavy (non-hydrogen) atoms. The minimum Gasteiger partial charge on any atom is -0.420 e. The van der Waals surface area contributed by atoms with E-state index in [0.717, 1.165) is 52.9 Å². The molecule has 200 valence electrons. The Hall–Kier alpha value is -3.99. The highest BCUT2D eigenvalue weighted by atomic mass is 16.4. The molecule has 0 bridgehead atoms. The van der Waals surface area contributed by atoms with Crippen molar-refractivity contribution in [3.63, 3.8) is 0 Å². The largest absolute Gasteiger partial charge is 0.420 e. The van der Waals surface area contributed by atoms with Crippen LogP contribution in [0.1, 0.15) is 68.6 Å². The second-order valence-corrected chi connectivity index (χ2v) is 10.9. The molecule has 0 N–H and O–H groups in total. The molecule has 0 radical (unpaired) electrons. The van der Waals surface area contributed by atoms with Gasteiger partial charge in [0.2, 0.25) is 5.78 Å². The van der Waals surface area contributed by atoms with Crippen molar-refractivity contribution < 1.29 is 14.0 Å². The van der Waals surface area contributed by atoms with Crippen molar-refractivity contribution in [2.75, 3.05) is 18.0 Å². The molecule has 0 aliphatic carbocycles. The molecule has 0 saturated carbocycles. The van der Waals surface area contributed by atoms with Crippen LogP contribution < -0.4 is 4.90 Å². The van der Waals surface area contributed by atoms with Gasteiger partial charge >= 0.3 is 0 Å². The summed E-state index contributed by atoms with van der Waals surface area (Å²) in [4.78, 5) is 32.7. The number of carbonyl (C=O) groups excluding carboxylic acids is 2. The Labute approximate surface area is 230 Å². The first kappa shape index (κ1) is 26.6. The fourth-order valence-electron chi connectivity index (χ4n) is 5.46. The third-order valence-corrected chi connectivity index (χ3v) is 7.81. The van der Waals surface area contributed by atoms with Gasteiger partial charge in [0.05, 0.1) is 5.69 Å². The molecule has 5 rings (SSSR count). The van der Waals surface area contributed by atoms with Crippen LogP contribution in [-0.4, -0.2) is 29.6 Å². The molecule has 0 amide bonds. The van der Waals surface area contributed by atoms with E-state index in [4.69, 9.17) is 4.42 Å². The summed E-state index contributed by atoms with van der Waals surface area (Å²) < 4.78 is 5.95. The molecular formula is C34H36N2O3. The van der Waals surface area contributed by atoms with Crippen LogP contribution in [0.5, 0.6) is 0 Å². The molecule has 1 aliphatic rings. The summed E-state index contributed by atoms with van der Waals surface area (Å²) in [5.74, 6) is 1.01. The maximum atomic E-state index is 13.0. The van der Waals surface area contributed by atoms with E-state index in [1.54, 1.807) is 0 Å². The van der Waals surface area contributed by atoms with E-state index in [9.17, 15) is 9.59 Å². The highest BCUT2D eigenvalue weighted by Crippen LogP contribution is 2.26. The maximum absolute atomic E-state index is 13.0. The summed E-state index contributed by atoms with van der Waals surface area (Å²) in [6.07, 6.45) is 3.00. The lowest BCUT2D eigenvalue weighted by Crippen LogP contribution is -2.34. The van der Waals surface area contributed by atoms with Crippen molar-refractivity contribution in [2.45, 2.75) is 53.4 Å². The molecule has 5 nitrogen and oxygen atoms in total. The Morgan fingerprint density at radius 3 is 2.15 bits per heavy atom. The molecule has 0 spiro atoms. The number of ketones is 2. The number of hydrogen-bond acceptors (Lipinski definition) is 5. The SMILES string of the molecule is Cc1cccc(C)c1CC(=O)c1ccc(-c2ccc(CC(=O)c3oc(N4CCCC(C)C4)nc3C)cc2)cc1. The maximum Gasteiger partial charge on any atom is 0.298 e. The first-order valence-electron chi connectivity index (χ1n) is 13.8. The quantitative estimate of drug-likeness (QED) is 0.227. The number of piperidine rings is 1. The van der Waals surface area contributed by atoms with Crippen molar-refractivity contribution in [2.24, 2.45) is 5.92 Å². The molecule has 1 saturated heterocycles. The number of hydrogen-bond donors (Lipinski definition) is 0. The third kappa shape index (κ3) is 6.03. The fourth-order valence-corrected chi connectivity index (χ4v) is 5.46. The predicted molar refractivity (Wildman–Crippen MR) is 156 cm³/mol. The molecule has 3 aromatic carbocycles. The molecule has 1 atom stereocenters. The number of aryl methyl sites for hydroxylation is 3. The zero-order valence-electron chi connectivity index (χ0n) is 23.3. The van der Waals surface area contributed by atoms with Gasteiger partial charge in [-0.05, 0) is 72.9 Å². The second-order valence-electron chi connectivity index (χ2n) is 10.9. The Bertz CT molecular complexity index is 1460. The Morgan fingerprint density at radius 2 is 1.51 bits per heavy atom.